The number of piperidine rings is 1. The summed E-state index contributed by atoms with van der Waals surface area (Å²) in [5.74, 6) is -1.56. The van der Waals surface area contributed by atoms with Gasteiger partial charge in [0.1, 0.15) is 6.54 Å². The fourth-order valence-corrected chi connectivity index (χ4v) is 3.31. The van der Waals surface area contributed by atoms with E-state index >= 15 is 0 Å². The summed E-state index contributed by atoms with van der Waals surface area (Å²) < 4.78 is 1.16. The zero-order valence-corrected chi connectivity index (χ0v) is 15.9. The molecule has 1 unspecified atom stereocenters. The Bertz CT molecular complexity index is 907. The molecule has 9 nitrogen and oxygen atoms in total. The van der Waals surface area contributed by atoms with Crippen LogP contribution >= 0.6 is 0 Å². The molecular weight excluding hydrogens is 362 g/mol. The molecule has 28 heavy (non-hydrogen) atoms. The number of aryl methyl sites for hydroxylation is 1. The van der Waals surface area contributed by atoms with Crippen LogP contribution in [0.15, 0.2) is 24.4 Å². The number of carbonyl (C=O) groups excluding carboxylic acids is 2. The lowest BCUT2D eigenvalue weighted by Crippen LogP contribution is -2.42. The predicted molar refractivity (Wildman–Crippen MR) is 101 cm³/mol. The smallest absolute Gasteiger partial charge is 0.358 e. The van der Waals surface area contributed by atoms with Crippen LogP contribution in [0, 0.1) is 6.92 Å². The molecule has 1 aliphatic heterocycles. The Morgan fingerprint density at radius 2 is 2.07 bits per heavy atom. The molecule has 2 heterocycles. The molecule has 1 aromatic carbocycles. The third-order valence-electron chi connectivity index (χ3n) is 4.87. The Morgan fingerprint density at radius 1 is 1.29 bits per heavy atom. The van der Waals surface area contributed by atoms with Gasteiger partial charge in [-0.3, -0.25) is 9.59 Å². The first-order valence-electron chi connectivity index (χ1n) is 9.20. The summed E-state index contributed by atoms with van der Waals surface area (Å²) in [5.41, 5.74) is 1.74. The molecule has 0 aliphatic carbocycles. The number of benzene rings is 1. The molecule has 1 aromatic heterocycles. The van der Waals surface area contributed by atoms with Gasteiger partial charge in [-0.1, -0.05) is 5.21 Å². The molecule has 148 valence electrons. The molecular formula is C19H23N5O4. The average molecular weight is 385 g/mol. The quantitative estimate of drug-likeness (QED) is 0.812. The number of carboxylic acids is 1. The van der Waals surface area contributed by atoms with E-state index in [9.17, 15) is 14.4 Å². The highest BCUT2D eigenvalue weighted by molar-refractivity contribution is 5.96. The van der Waals surface area contributed by atoms with Crippen LogP contribution in [0.4, 0.5) is 5.69 Å². The zero-order valence-electron chi connectivity index (χ0n) is 15.9. The monoisotopic (exact) mass is 385 g/mol. The van der Waals surface area contributed by atoms with Crippen molar-refractivity contribution in [2.45, 2.75) is 45.7 Å². The maximum absolute atomic E-state index is 12.8. The fourth-order valence-electron chi connectivity index (χ4n) is 3.31. The van der Waals surface area contributed by atoms with Crippen LogP contribution in [-0.4, -0.2) is 55.4 Å². The van der Waals surface area contributed by atoms with E-state index in [4.69, 9.17) is 5.11 Å². The first kappa shape index (κ1) is 19.5. The normalized spacial score (nSPS) is 16.6. The second-order valence-corrected chi connectivity index (χ2v) is 7.03. The minimum atomic E-state index is -1.20. The minimum Gasteiger partial charge on any atom is -0.476 e. The zero-order chi connectivity index (χ0) is 20.3. The van der Waals surface area contributed by atoms with Gasteiger partial charge in [-0.2, -0.15) is 0 Å². The molecule has 1 fully saturated rings. The summed E-state index contributed by atoms with van der Waals surface area (Å²) in [6, 6.07) is 5.43. The minimum absolute atomic E-state index is 0.0111. The van der Waals surface area contributed by atoms with Gasteiger partial charge in [0.25, 0.3) is 5.91 Å². The van der Waals surface area contributed by atoms with Crippen LogP contribution in [-0.2, 0) is 11.3 Å². The highest BCUT2D eigenvalue weighted by Gasteiger charge is 2.24. The van der Waals surface area contributed by atoms with Crippen molar-refractivity contribution < 1.29 is 19.5 Å². The van der Waals surface area contributed by atoms with Crippen LogP contribution in [0.2, 0.25) is 0 Å². The van der Waals surface area contributed by atoms with Crippen molar-refractivity contribution in [3.05, 3.63) is 41.2 Å². The molecule has 0 saturated carbocycles. The van der Waals surface area contributed by atoms with Gasteiger partial charge < -0.3 is 15.3 Å². The highest BCUT2D eigenvalue weighted by Crippen LogP contribution is 2.22. The Hall–Kier alpha value is -3.23. The number of aromatic nitrogens is 3. The molecule has 9 heteroatoms. The average Bonchev–Trinajstić information content (AvgIpc) is 3.12. The van der Waals surface area contributed by atoms with Crippen LogP contribution in [0.25, 0.3) is 0 Å². The molecule has 0 radical (unpaired) electrons. The second-order valence-electron chi connectivity index (χ2n) is 7.03. The van der Waals surface area contributed by atoms with E-state index < -0.39 is 5.97 Å². The number of anilines is 1. The standard InChI is InChI=1S/C19H23N5O4/c1-12-9-14(18(26)24-8-4-3-5-13(24)2)6-7-15(12)20-17(25)11-23-10-16(19(27)28)21-22-23/h6-7,9-10,13H,3-5,8,11H2,1-2H3,(H,20,25)(H,27,28). The number of hydrogen-bond acceptors (Lipinski definition) is 5. The summed E-state index contributed by atoms with van der Waals surface area (Å²) in [6.07, 6.45) is 4.38. The maximum Gasteiger partial charge on any atom is 0.358 e. The van der Waals surface area contributed by atoms with Crippen molar-refractivity contribution in [1.29, 1.82) is 0 Å². The maximum atomic E-state index is 12.8. The van der Waals surface area contributed by atoms with Crippen molar-refractivity contribution in [2.75, 3.05) is 11.9 Å². The van der Waals surface area contributed by atoms with Crippen molar-refractivity contribution in [1.82, 2.24) is 19.9 Å². The van der Waals surface area contributed by atoms with Crippen molar-refractivity contribution in [2.24, 2.45) is 0 Å². The third kappa shape index (κ3) is 4.36. The van der Waals surface area contributed by atoms with E-state index in [0.29, 0.717) is 11.3 Å². The first-order valence-corrected chi connectivity index (χ1v) is 9.20. The highest BCUT2D eigenvalue weighted by atomic mass is 16.4. The number of aromatic carboxylic acids is 1. The first-order chi connectivity index (χ1) is 13.3. The Kier molecular flexibility index (Phi) is 5.72. The van der Waals surface area contributed by atoms with Crippen LogP contribution in [0.1, 0.15) is 52.6 Å². The van der Waals surface area contributed by atoms with E-state index in [1.54, 1.807) is 18.2 Å². The molecule has 2 aromatic rings. The molecule has 3 rings (SSSR count). The largest absolute Gasteiger partial charge is 0.476 e. The van der Waals surface area contributed by atoms with Gasteiger partial charge >= 0.3 is 5.97 Å². The van der Waals surface area contributed by atoms with Crippen LogP contribution in [0.5, 0.6) is 0 Å². The number of nitrogens with zero attached hydrogens (tertiary/aromatic N) is 4. The van der Waals surface area contributed by atoms with Gasteiger partial charge in [-0.05, 0) is 56.9 Å². The fraction of sp³-hybridized carbons (Fsp3) is 0.421. The molecule has 1 aliphatic rings. The van der Waals surface area contributed by atoms with Gasteiger partial charge in [-0.25, -0.2) is 9.48 Å². The van der Waals surface area contributed by atoms with Crippen LogP contribution < -0.4 is 5.32 Å². The Labute approximate surface area is 162 Å². The molecule has 2 amide bonds. The van der Waals surface area contributed by atoms with E-state index in [1.807, 2.05) is 11.8 Å². The van der Waals surface area contributed by atoms with Gasteiger partial charge in [0.05, 0.1) is 6.20 Å². The number of nitrogens with one attached hydrogen (secondary N) is 1. The Balaban J connectivity index is 1.65. The van der Waals surface area contributed by atoms with E-state index in [1.165, 1.54) is 6.20 Å². The summed E-state index contributed by atoms with van der Waals surface area (Å²) in [7, 11) is 0. The van der Waals surface area contributed by atoms with E-state index in [2.05, 4.69) is 22.6 Å². The number of hydrogen-bond donors (Lipinski definition) is 2. The van der Waals surface area contributed by atoms with Gasteiger partial charge in [0.2, 0.25) is 5.91 Å². The lowest BCUT2D eigenvalue weighted by molar-refractivity contribution is -0.116. The van der Waals surface area contributed by atoms with Gasteiger partial charge in [-0.15, -0.1) is 5.10 Å². The number of amides is 2. The summed E-state index contributed by atoms with van der Waals surface area (Å²) in [6.45, 7) is 4.50. The number of likely N-dealkylation sites (tertiary alicyclic amines) is 1. The van der Waals surface area contributed by atoms with Gasteiger partial charge in [0, 0.05) is 23.8 Å². The molecule has 2 N–H and O–H groups in total. The van der Waals surface area contributed by atoms with Crippen molar-refractivity contribution in [3.8, 4) is 0 Å². The van der Waals surface area contributed by atoms with Crippen molar-refractivity contribution >= 4 is 23.5 Å². The number of carboxylic acid groups (broad SMARTS) is 1. The second kappa shape index (κ2) is 8.20. The molecule has 0 bridgehead atoms. The van der Waals surface area contributed by atoms with Crippen LogP contribution in [0.3, 0.4) is 0 Å². The molecule has 1 saturated heterocycles. The summed E-state index contributed by atoms with van der Waals surface area (Å²) >= 11 is 0. The number of carbonyl (C=O) groups is 3. The summed E-state index contributed by atoms with van der Waals surface area (Å²) in [4.78, 5) is 37.7. The number of rotatable bonds is 5. The topological polar surface area (TPSA) is 117 Å². The predicted octanol–water partition coefficient (Wildman–Crippen LogP) is 1.94. The third-order valence-corrected chi connectivity index (χ3v) is 4.87. The lowest BCUT2D eigenvalue weighted by Gasteiger charge is -2.33. The van der Waals surface area contributed by atoms with E-state index in [0.717, 1.165) is 36.1 Å². The molecule has 0 spiro atoms. The lowest BCUT2D eigenvalue weighted by atomic mass is 10.0. The summed E-state index contributed by atoms with van der Waals surface area (Å²) in [5, 5.41) is 18.7. The Morgan fingerprint density at radius 3 is 2.71 bits per heavy atom. The van der Waals surface area contributed by atoms with Crippen molar-refractivity contribution in [3.63, 3.8) is 0 Å². The molecule has 1 atom stereocenters. The van der Waals surface area contributed by atoms with E-state index in [-0.39, 0.29) is 30.1 Å². The van der Waals surface area contributed by atoms with Gasteiger partial charge in [0.15, 0.2) is 5.69 Å². The SMILES string of the molecule is Cc1cc(C(=O)N2CCCCC2C)ccc1NC(=O)Cn1cc(C(=O)O)nn1.